The summed E-state index contributed by atoms with van der Waals surface area (Å²) in [5.74, 6) is 0.621. The van der Waals surface area contributed by atoms with Crippen LogP contribution in [0.15, 0.2) is 16.9 Å². The van der Waals surface area contributed by atoms with Crippen LogP contribution in [0.2, 0.25) is 0 Å². The average molecular weight is 242 g/mol. The molecule has 0 atom stereocenters. The topological polar surface area (TPSA) is 70.7 Å². The van der Waals surface area contributed by atoms with Crippen molar-refractivity contribution < 1.29 is 0 Å². The molecule has 1 aliphatic rings. The number of hydrogen-bond donors (Lipinski definition) is 2. The maximum absolute atomic E-state index is 11.9. The van der Waals surface area contributed by atoms with Crippen LogP contribution in [0.1, 0.15) is 22.6 Å². The van der Waals surface area contributed by atoms with Gasteiger partial charge in [0.15, 0.2) is 0 Å². The third kappa shape index (κ3) is 1.82. The molecule has 5 heteroatoms. The number of aryl methyl sites for hydroxylation is 2. The molecule has 0 saturated carbocycles. The first kappa shape index (κ1) is 11.1. The third-order valence-corrected chi connectivity index (χ3v) is 3.05. The average Bonchev–Trinajstić information content (AvgIpc) is 2.76. The van der Waals surface area contributed by atoms with E-state index in [0.717, 1.165) is 28.2 Å². The zero-order valence-corrected chi connectivity index (χ0v) is 10.4. The second-order valence-electron chi connectivity index (χ2n) is 4.58. The minimum absolute atomic E-state index is 0.0490. The van der Waals surface area contributed by atoms with Gasteiger partial charge in [-0.2, -0.15) is 0 Å². The first-order valence-corrected chi connectivity index (χ1v) is 5.92. The number of H-pyrrole nitrogens is 1. The first-order valence-electron chi connectivity index (χ1n) is 5.92. The second-order valence-corrected chi connectivity index (χ2v) is 4.58. The summed E-state index contributed by atoms with van der Waals surface area (Å²) >= 11 is 0. The molecule has 0 fully saturated rings. The van der Waals surface area contributed by atoms with Gasteiger partial charge >= 0.3 is 0 Å². The lowest BCUT2D eigenvalue weighted by molar-refractivity contribution is 0.757. The van der Waals surface area contributed by atoms with Gasteiger partial charge in [-0.15, -0.1) is 0 Å². The summed E-state index contributed by atoms with van der Waals surface area (Å²) in [6.45, 7) is 5.13. The van der Waals surface area contributed by atoms with Crippen LogP contribution in [0.4, 0.5) is 0 Å². The van der Waals surface area contributed by atoms with Gasteiger partial charge in [-0.25, -0.2) is 4.98 Å². The zero-order valence-electron chi connectivity index (χ0n) is 10.4. The molecule has 2 aromatic heterocycles. The molecule has 0 amide bonds. The highest BCUT2D eigenvalue weighted by molar-refractivity contribution is 5.56. The summed E-state index contributed by atoms with van der Waals surface area (Å²) in [5, 5.41) is 3.14. The molecule has 0 aliphatic carbocycles. The Kier molecular flexibility index (Phi) is 2.48. The lowest BCUT2D eigenvalue weighted by Gasteiger charge is -2.05. The summed E-state index contributed by atoms with van der Waals surface area (Å²) in [7, 11) is 0. The van der Waals surface area contributed by atoms with Crippen LogP contribution in [0.5, 0.6) is 0 Å². The van der Waals surface area contributed by atoms with Crippen LogP contribution in [-0.2, 0) is 13.1 Å². The lowest BCUT2D eigenvalue weighted by atomic mass is 10.1. The predicted molar refractivity (Wildman–Crippen MR) is 68.1 cm³/mol. The zero-order chi connectivity index (χ0) is 12.7. The number of hydrogen-bond acceptors (Lipinski definition) is 4. The van der Waals surface area contributed by atoms with Crippen LogP contribution in [0, 0.1) is 13.8 Å². The molecule has 0 radical (unpaired) electrons. The van der Waals surface area contributed by atoms with Crippen LogP contribution in [0.3, 0.4) is 0 Å². The molecule has 0 aromatic carbocycles. The van der Waals surface area contributed by atoms with Crippen LogP contribution in [0.25, 0.3) is 11.4 Å². The molecular weight excluding hydrogens is 228 g/mol. The molecule has 1 aliphatic heterocycles. The Morgan fingerprint density at radius 1 is 1.11 bits per heavy atom. The summed E-state index contributed by atoms with van der Waals surface area (Å²) < 4.78 is 0. The Morgan fingerprint density at radius 2 is 1.83 bits per heavy atom. The Bertz CT molecular complexity index is 655. The Balaban J connectivity index is 2.18. The molecular formula is C13H14N4O. The third-order valence-electron chi connectivity index (χ3n) is 3.05. The Hall–Kier alpha value is -2.01. The number of rotatable bonds is 1. The van der Waals surface area contributed by atoms with Crippen LogP contribution >= 0.6 is 0 Å². The van der Waals surface area contributed by atoms with Crippen molar-refractivity contribution in [3.63, 3.8) is 0 Å². The SMILES string of the molecule is Cc1cc(-c2nc3c(c(=O)[nH]2)CNC3)cc(C)n1. The highest BCUT2D eigenvalue weighted by Gasteiger charge is 2.17. The summed E-state index contributed by atoms with van der Waals surface area (Å²) in [5.41, 5.74) is 4.30. The molecule has 0 bridgehead atoms. The fourth-order valence-electron chi connectivity index (χ4n) is 2.29. The van der Waals surface area contributed by atoms with Gasteiger partial charge in [-0.1, -0.05) is 0 Å². The number of aromatic amines is 1. The van der Waals surface area contributed by atoms with Crippen molar-refractivity contribution in [3.05, 3.63) is 45.1 Å². The highest BCUT2D eigenvalue weighted by Crippen LogP contribution is 2.18. The monoisotopic (exact) mass is 242 g/mol. The molecule has 2 aromatic rings. The van der Waals surface area contributed by atoms with E-state index < -0.39 is 0 Å². The van der Waals surface area contributed by atoms with Gasteiger partial charge in [-0.05, 0) is 26.0 Å². The van der Waals surface area contributed by atoms with Crippen LogP contribution in [-0.4, -0.2) is 15.0 Å². The van der Waals surface area contributed by atoms with E-state index in [4.69, 9.17) is 0 Å². The van der Waals surface area contributed by atoms with E-state index in [1.54, 1.807) is 0 Å². The highest BCUT2D eigenvalue weighted by atomic mass is 16.1. The van der Waals surface area contributed by atoms with Crippen molar-refractivity contribution in [1.82, 2.24) is 20.3 Å². The first-order chi connectivity index (χ1) is 8.63. The Labute approximate surface area is 104 Å². The quantitative estimate of drug-likeness (QED) is 0.784. The largest absolute Gasteiger partial charge is 0.307 e. The van der Waals surface area contributed by atoms with Gasteiger partial charge < -0.3 is 10.3 Å². The molecule has 3 heterocycles. The van der Waals surface area contributed by atoms with Gasteiger partial charge in [0.25, 0.3) is 5.56 Å². The number of nitrogens with zero attached hydrogens (tertiary/aromatic N) is 2. The van der Waals surface area contributed by atoms with Crippen molar-refractivity contribution in [3.8, 4) is 11.4 Å². The molecule has 0 spiro atoms. The van der Waals surface area contributed by atoms with Crippen molar-refractivity contribution in [2.75, 3.05) is 0 Å². The molecule has 5 nitrogen and oxygen atoms in total. The summed E-state index contributed by atoms with van der Waals surface area (Å²) in [4.78, 5) is 23.6. The number of nitrogens with one attached hydrogen (secondary N) is 2. The summed E-state index contributed by atoms with van der Waals surface area (Å²) in [6, 6.07) is 3.86. The predicted octanol–water partition coefficient (Wildman–Crippen LogP) is 1.05. The fourth-order valence-corrected chi connectivity index (χ4v) is 2.29. The lowest BCUT2D eigenvalue weighted by Crippen LogP contribution is -2.15. The van der Waals surface area contributed by atoms with E-state index in [9.17, 15) is 4.79 Å². The minimum Gasteiger partial charge on any atom is -0.307 e. The van der Waals surface area contributed by atoms with E-state index in [1.165, 1.54) is 0 Å². The van der Waals surface area contributed by atoms with Crippen molar-refractivity contribution in [1.29, 1.82) is 0 Å². The van der Waals surface area contributed by atoms with Crippen molar-refractivity contribution >= 4 is 0 Å². The number of aromatic nitrogens is 3. The molecule has 2 N–H and O–H groups in total. The number of pyridine rings is 1. The van der Waals surface area contributed by atoms with E-state index in [1.807, 2.05) is 26.0 Å². The molecule has 18 heavy (non-hydrogen) atoms. The second kappa shape index (κ2) is 4.03. The molecule has 0 saturated heterocycles. The molecule has 0 unspecified atom stereocenters. The van der Waals surface area contributed by atoms with Crippen LogP contribution < -0.4 is 10.9 Å². The van der Waals surface area contributed by atoms with Gasteiger partial charge in [0.1, 0.15) is 5.82 Å². The molecule has 92 valence electrons. The standard InChI is InChI=1S/C13H14N4O/c1-7-3-9(4-8(2)15-7)12-16-11-6-14-5-10(11)13(18)17-12/h3-4,14H,5-6H2,1-2H3,(H,16,17,18). The molecule has 3 rings (SSSR count). The Morgan fingerprint density at radius 3 is 2.56 bits per heavy atom. The van der Waals surface area contributed by atoms with Gasteiger partial charge in [0.2, 0.25) is 0 Å². The maximum atomic E-state index is 11.9. The fraction of sp³-hybridized carbons (Fsp3) is 0.308. The normalized spacial score (nSPS) is 13.7. The van der Waals surface area contributed by atoms with E-state index >= 15 is 0 Å². The van der Waals surface area contributed by atoms with E-state index in [2.05, 4.69) is 20.3 Å². The minimum atomic E-state index is -0.0490. The van der Waals surface area contributed by atoms with Crippen molar-refractivity contribution in [2.24, 2.45) is 0 Å². The van der Waals surface area contributed by atoms with Crippen molar-refractivity contribution in [2.45, 2.75) is 26.9 Å². The van der Waals surface area contributed by atoms with Gasteiger partial charge in [-0.3, -0.25) is 9.78 Å². The number of fused-ring (bicyclic) bond motifs is 1. The van der Waals surface area contributed by atoms with E-state index in [-0.39, 0.29) is 5.56 Å². The van der Waals surface area contributed by atoms with E-state index in [0.29, 0.717) is 18.9 Å². The summed E-state index contributed by atoms with van der Waals surface area (Å²) in [6.07, 6.45) is 0. The smallest absolute Gasteiger partial charge is 0.255 e. The maximum Gasteiger partial charge on any atom is 0.255 e. The van der Waals surface area contributed by atoms with Gasteiger partial charge in [0, 0.05) is 30.0 Å². The van der Waals surface area contributed by atoms with Gasteiger partial charge in [0.05, 0.1) is 11.3 Å².